The quantitative estimate of drug-likeness (QED) is 0.910. The first-order valence-corrected chi connectivity index (χ1v) is 6.46. The average Bonchev–Trinajstić information content (AvgIpc) is 2.42. The summed E-state index contributed by atoms with van der Waals surface area (Å²) in [6, 6.07) is 11.8. The third-order valence-electron chi connectivity index (χ3n) is 2.97. The Morgan fingerprint density at radius 1 is 1.11 bits per heavy atom. The van der Waals surface area contributed by atoms with E-state index in [1.807, 2.05) is 17.9 Å². The number of anilines is 2. The average molecular weight is 280 g/mol. The lowest BCUT2D eigenvalue weighted by Crippen LogP contribution is -2.16. The number of aliphatic hydroxyl groups is 1. The first-order valence-electron chi connectivity index (χ1n) is 6.08. The van der Waals surface area contributed by atoms with Crippen LogP contribution in [0.25, 0.3) is 0 Å². The minimum absolute atomic E-state index is 0.0816. The maximum atomic E-state index is 13.0. The van der Waals surface area contributed by atoms with Gasteiger partial charge in [-0.05, 0) is 48.9 Å². The van der Waals surface area contributed by atoms with E-state index in [4.69, 9.17) is 16.7 Å². The van der Waals surface area contributed by atoms with Crippen molar-refractivity contribution in [3.8, 4) is 0 Å². The minimum atomic E-state index is -0.256. The molecule has 2 rings (SSSR count). The first-order chi connectivity index (χ1) is 9.15. The van der Waals surface area contributed by atoms with E-state index < -0.39 is 0 Å². The largest absolute Gasteiger partial charge is 0.392 e. The molecule has 0 atom stereocenters. The van der Waals surface area contributed by atoms with Crippen LogP contribution < -0.4 is 4.90 Å². The summed E-state index contributed by atoms with van der Waals surface area (Å²) in [4.78, 5) is 2.02. The summed E-state index contributed by atoms with van der Waals surface area (Å²) in [5.41, 5.74) is 2.51. The van der Waals surface area contributed by atoms with Gasteiger partial charge < -0.3 is 10.0 Å². The monoisotopic (exact) mass is 279 g/mol. The minimum Gasteiger partial charge on any atom is -0.392 e. The third-order valence-corrected chi connectivity index (χ3v) is 3.33. The summed E-state index contributed by atoms with van der Waals surface area (Å²) in [7, 11) is 0. The van der Waals surface area contributed by atoms with Crippen LogP contribution in [0.5, 0.6) is 0 Å². The van der Waals surface area contributed by atoms with Crippen molar-refractivity contribution in [2.75, 3.05) is 11.4 Å². The molecule has 0 amide bonds. The SMILES string of the molecule is CCN(c1ccc(F)cc1)c1ccc(CO)c(Cl)c1. The second-order valence-corrected chi connectivity index (χ2v) is 4.56. The van der Waals surface area contributed by atoms with Crippen LogP contribution in [0, 0.1) is 5.82 Å². The molecule has 0 spiro atoms. The van der Waals surface area contributed by atoms with Crippen molar-refractivity contribution in [1.29, 1.82) is 0 Å². The van der Waals surface area contributed by atoms with E-state index in [0.717, 1.165) is 17.9 Å². The van der Waals surface area contributed by atoms with E-state index in [2.05, 4.69) is 0 Å². The number of nitrogens with zero attached hydrogens (tertiary/aromatic N) is 1. The van der Waals surface area contributed by atoms with E-state index in [1.54, 1.807) is 24.3 Å². The van der Waals surface area contributed by atoms with Crippen LogP contribution in [0.15, 0.2) is 42.5 Å². The Kier molecular flexibility index (Phi) is 4.40. The van der Waals surface area contributed by atoms with E-state index in [0.29, 0.717) is 10.6 Å². The fraction of sp³-hybridized carbons (Fsp3) is 0.200. The summed E-state index contributed by atoms with van der Waals surface area (Å²) >= 11 is 6.10. The number of rotatable bonds is 4. The molecule has 0 radical (unpaired) electrons. The van der Waals surface area contributed by atoms with Crippen molar-refractivity contribution < 1.29 is 9.50 Å². The van der Waals surface area contributed by atoms with Gasteiger partial charge in [-0.3, -0.25) is 0 Å². The molecule has 0 aliphatic carbocycles. The van der Waals surface area contributed by atoms with Gasteiger partial charge >= 0.3 is 0 Å². The molecular formula is C15H15ClFNO. The summed E-state index contributed by atoms with van der Waals surface area (Å²) in [6.07, 6.45) is 0. The highest BCUT2D eigenvalue weighted by Crippen LogP contribution is 2.29. The molecule has 1 N–H and O–H groups in total. The smallest absolute Gasteiger partial charge is 0.123 e. The second kappa shape index (κ2) is 6.04. The summed E-state index contributed by atoms with van der Waals surface area (Å²) in [5, 5.41) is 9.64. The van der Waals surface area contributed by atoms with Crippen molar-refractivity contribution in [2.24, 2.45) is 0 Å². The molecule has 0 fully saturated rings. The molecule has 0 saturated carbocycles. The number of benzene rings is 2. The zero-order valence-electron chi connectivity index (χ0n) is 10.6. The van der Waals surface area contributed by atoms with Crippen LogP contribution in [-0.4, -0.2) is 11.7 Å². The van der Waals surface area contributed by atoms with Gasteiger partial charge in [0.1, 0.15) is 5.82 Å². The van der Waals surface area contributed by atoms with E-state index in [1.165, 1.54) is 12.1 Å². The van der Waals surface area contributed by atoms with Gasteiger partial charge in [0, 0.05) is 22.9 Å². The molecule has 0 bridgehead atoms. The lowest BCUT2D eigenvalue weighted by atomic mass is 10.2. The zero-order chi connectivity index (χ0) is 13.8. The topological polar surface area (TPSA) is 23.5 Å². The first kappa shape index (κ1) is 13.8. The highest BCUT2D eigenvalue weighted by molar-refractivity contribution is 6.31. The van der Waals surface area contributed by atoms with E-state index in [9.17, 15) is 4.39 Å². The van der Waals surface area contributed by atoms with Gasteiger partial charge in [0.05, 0.1) is 6.61 Å². The molecule has 0 unspecified atom stereocenters. The summed E-state index contributed by atoms with van der Waals surface area (Å²) in [5.74, 6) is -0.256. The Labute approximate surface area is 117 Å². The van der Waals surface area contributed by atoms with Crippen LogP contribution >= 0.6 is 11.6 Å². The number of halogens is 2. The Morgan fingerprint density at radius 3 is 2.26 bits per heavy atom. The Hall–Kier alpha value is -1.58. The molecular weight excluding hydrogens is 265 g/mol. The Morgan fingerprint density at radius 2 is 1.74 bits per heavy atom. The van der Waals surface area contributed by atoms with Crippen LogP contribution in [-0.2, 0) is 6.61 Å². The Balaban J connectivity index is 2.36. The van der Waals surface area contributed by atoms with Gasteiger partial charge in [-0.2, -0.15) is 0 Å². The molecule has 19 heavy (non-hydrogen) atoms. The molecule has 2 aromatic rings. The van der Waals surface area contributed by atoms with Crippen molar-refractivity contribution in [3.63, 3.8) is 0 Å². The number of aliphatic hydroxyl groups excluding tert-OH is 1. The maximum Gasteiger partial charge on any atom is 0.123 e. The van der Waals surface area contributed by atoms with Gasteiger partial charge in [0.2, 0.25) is 0 Å². The van der Waals surface area contributed by atoms with E-state index >= 15 is 0 Å². The normalized spacial score (nSPS) is 10.5. The van der Waals surface area contributed by atoms with Gasteiger partial charge in [0.25, 0.3) is 0 Å². The standard InChI is InChI=1S/C15H15ClFNO/c1-2-18(13-7-4-12(17)5-8-13)14-6-3-11(10-19)15(16)9-14/h3-9,19H,2,10H2,1H3. The molecule has 0 aromatic heterocycles. The zero-order valence-corrected chi connectivity index (χ0v) is 11.4. The molecule has 2 nitrogen and oxygen atoms in total. The molecule has 0 aliphatic rings. The highest BCUT2D eigenvalue weighted by Gasteiger charge is 2.09. The third kappa shape index (κ3) is 3.06. The molecule has 0 aliphatic heterocycles. The molecule has 0 saturated heterocycles. The highest BCUT2D eigenvalue weighted by atomic mass is 35.5. The molecule has 2 aromatic carbocycles. The number of hydrogen-bond donors (Lipinski definition) is 1. The number of hydrogen-bond acceptors (Lipinski definition) is 2. The van der Waals surface area contributed by atoms with Crippen LogP contribution in [0.4, 0.5) is 15.8 Å². The van der Waals surface area contributed by atoms with Crippen molar-refractivity contribution in [2.45, 2.75) is 13.5 Å². The van der Waals surface area contributed by atoms with E-state index in [-0.39, 0.29) is 12.4 Å². The van der Waals surface area contributed by atoms with Crippen LogP contribution in [0.3, 0.4) is 0 Å². The van der Waals surface area contributed by atoms with Gasteiger partial charge in [-0.1, -0.05) is 17.7 Å². The lowest BCUT2D eigenvalue weighted by Gasteiger charge is -2.24. The van der Waals surface area contributed by atoms with Gasteiger partial charge in [-0.25, -0.2) is 4.39 Å². The maximum absolute atomic E-state index is 13.0. The fourth-order valence-corrected chi connectivity index (χ4v) is 2.20. The van der Waals surface area contributed by atoms with Crippen molar-refractivity contribution in [3.05, 3.63) is 58.9 Å². The molecule has 0 heterocycles. The predicted molar refractivity (Wildman–Crippen MR) is 76.5 cm³/mol. The van der Waals surface area contributed by atoms with Crippen LogP contribution in [0.2, 0.25) is 5.02 Å². The van der Waals surface area contributed by atoms with Gasteiger partial charge in [0.15, 0.2) is 0 Å². The molecule has 4 heteroatoms. The van der Waals surface area contributed by atoms with Crippen molar-refractivity contribution in [1.82, 2.24) is 0 Å². The van der Waals surface area contributed by atoms with Gasteiger partial charge in [-0.15, -0.1) is 0 Å². The summed E-state index contributed by atoms with van der Waals surface area (Å²) in [6.45, 7) is 2.67. The second-order valence-electron chi connectivity index (χ2n) is 4.15. The molecule has 100 valence electrons. The van der Waals surface area contributed by atoms with Crippen LogP contribution in [0.1, 0.15) is 12.5 Å². The summed E-state index contributed by atoms with van der Waals surface area (Å²) < 4.78 is 13.0. The fourth-order valence-electron chi connectivity index (χ4n) is 1.97. The predicted octanol–water partition coefficient (Wildman–Crippen LogP) is 4.13. The van der Waals surface area contributed by atoms with Crippen molar-refractivity contribution >= 4 is 23.0 Å². The Bertz CT molecular complexity index is 557. The lowest BCUT2D eigenvalue weighted by molar-refractivity contribution is 0.282.